The molecule has 0 unspecified atom stereocenters. The number of urea groups is 1. The second kappa shape index (κ2) is 6.57. The molecule has 1 heterocycles. The number of rotatable bonds is 3. The van der Waals surface area contributed by atoms with E-state index in [0.29, 0.717) is 24.3 Å². The lowest BCUT2D eigenvalue weighted by Gasteiger charge is -2.22. The first-order valence-corrected chi connectivity index (χ1v) is 7.93. The van der Waals surface area contributed by atoms with Gasteiger partial charge in [-0.25, -0.2) is 9.59 Å². The molecule has 1 saturated heterocycles. The van der Waals surface area contributed by atoms with Gasteiger partial charge in [0.15, 0.2) is 0 Å². The van der Waals surface area contributed by atoms with E-state index in [9.17, 15) is 18.9 Å². The van der Waals surface area contributed by atoms with E-state index in [1.165, 1.54) is 12.1 Å². The van der Waals surface area contributed by atoms with Crippen molar-refractivity contribution < 1.29 is 24.0 Å². The van der Waals surface area contributed by atoms with Gasteiger partial charge in [0.05, 0.1) is 11.3 Å². The molecule has 1 aliphatic heterocycles. The number of nitrogens with one attached hydrogen (secondary N) is 2. The number of anilines is 1. The molecule has 0 radical (unpaired) electrons. The number of phenols is 1. The van der Waals surface area contributed by atoms with E-state index in [1.807, 2.05) is 0 Å². The molecular formula is C13H16N2O5S. The summed E-state index contributed by atoms with van der Waals surface area (Å²) in [6.07, 6.45) is 1.28. The van der Waals surface area contributed by atoms with Crippen molar-refractivity contribution in [3.8, 4) is 5.75 Å². The van der Waals surface area contributed by atoms with Gasteiger partial charge in [-0.2, -0.15) is 0 Å². The maximum atomic E-state index is 11.9. The number of aromatic carboxylic acids is 1. The van der Waals surface area contributed by atoms with Gasteiger partial charge in [0.25, 0.3) is 0 Å². The molecule has 4 N–H and O–H groups in total. The number of hydrogen-bond acceptors (Lipinski definition) is 4. The minimum absolute atomic E-state index is 0.0620. The minimum Gasteiger partial charge on any atom is -0.508 e. The molecule has 21 heavy (non-hydrogen) atoms. The third-order valence-electron chi connectivity index (χ3n) is 3.20. The van der Waals surface area contributed by atoms with Gasteiger partial charge in [0.1, 0.15) is 5.75 Å². The number of carbonyl (C=O) groups excluding carboxylic acids is 1. The molecule has 7 nitrogen and oxygen atoms in total. The molecule has 2 amide bonds. The number of carbonyl (C=O) groups is 2. The van der Waals surface area contributed by atoms with Gasteiger partial charge < -0.3 is 20.8 Å². The van der Waals surface area contributed by atoms with Crippen LogP contribution in [0.4, 0.5) is 10.5 Å². The summed E-state index contributed by atoms with van der Waals surface area (Å²) in [7, 11) is -0.803. The van der Waals surface area contributed by atoms with Crippen molar-refractivity contribution in [1.29, 1.82) is 0 Å². The van der Waals surface area contributed by atoms with E-state index in [-0.39, 0.29) is 23.0 Å². The molecule has 0 atom stereocenters. The highest BCUT2D eigenvalue weighted by Gasteiger charge is 2.20. The summed E-state index contributed by atoms with van der Waals surface area (Å²) in [6, 6.07) is 3.12. The number of carboxylic acids is 1. The topological polar surface area (TPSA) is 116 Å². The Balaban J connectivity index is 1.99. The number of phenolic OH excluding ortho intramolecular Hbond substituents is 1. The highest BCUT2D eigenvalue weighted by Crippen LogP contribution is 2.21. The first-order chi connectivity index (χ1) is 9.95. The Kier molecular flexibility index (Phi) is 4.79. The molecule has 2 rings (SSSR count). The van der Waals surface area contributed by atoms with Gasteiger partial charge in [-0.3, -0.25) is 4.21 Å². The predicted molar refractivity (Wildman–Crippen MR) is 78.1 cm³/mol. The second-order valence-electron chi connectivity index (χ2n) is 4.76. The van der Waals surface area contributed by atoms with Gasteiger partial charge in [0, 0.05) is 28.3 Å². The van der Waals surface area contributed by atoms with E-state index in [0.717, 1.165) is 6.07 Å². The predicted octanol–water partition coefficient (Wildman–Crippen LogP) is 1.12. The van der Waals surface area contributed by atoms with Gasteiger partial charge in [-0.05, 0) is 31.0 Å². The minimum atomic E-state index is -1.24. The van der Waals surface area contributed by atoms with Crippen LogP contribution in [-0.2, 0) is 10.8 Å². The SMILES string of the molecule is O=C(Nc1ccc(O)cc1C(=O)O)NC1CCS(=O)CC1. The monoisotopic (exact) mass is 312 g/mol. The lowest BCUT2D eigenvalue weighted by atomic mass is 10.1. The van der Waals surface area contributed by atoms with Crippen molar-refractivity contribution in [2.24, 2.45) is 0 Å². The van der Waals surface area contributed by atoms with Crippen molar-refractivity contribution in [1.82, 2.24) is 5.32 Å². The fourth-order valence-corrected chi connectivity index (χ4v) is 3.40. The normalized spacial score (nSPS) is 21.5. The van der Waals surface area contributed by atoms with E-state index < -0.39 is 22.8 Å². The third kappa shape index (κ3) is 4.19. The molecule has 8 heteroatoms. The number of hydrogen-bond donors (Lipinski definition) is 4. The summed E-state index contributed by atoms with van der Waals surface area (Å²) >= 11 is 0. The first kappa shape index (κ1) is 15.3. The van der Waals surface area contributed by atoms with Gasteiger partial charge >= 0.3 is 12.0 Å². The zero-order chi connectivity index (χ0) is 15.4. The van der Waals surface area contributed by atoms with Gasteiger partial charge in [-0.1, -0.05) is 0 Å². The van der Waals surface area contributed by atoms with Crippen LogP contribution in [0.2, 0.25) is 0 Å². The maximum absolute atomic E-state index is 11.9. The van der Waals surface area contributed by atoms with Crippen LogP contribution >= 0.6 is 0 Å². The van der Waals surface area contributed by atoms with E-state index >= 15 is 0 Å². The summed E-state index contributed by atoms with van der Waals surface area (Å²) in [5, 5.41) is 23.5. The van der Waals surface area contributed by atoms with E-state index in [4.69, 9.17) is 5.11 Å². The summed E-state index contributed by atoms with van der Waals surface area (Å²) in [5.41, 5.74) is -0.0768. The number of amides is 2. The van der Waals surface area contributed by atoms with Crippen molar-refractivity contribution in [3.63, 3.8) is 0 Å². The Morgan fingerprint density at radius 3 is 2.52 bits per heavy atom. The average Bonchev–Trinajstić information content (AvgIpc) is 2.43. The molecule has 0 saturated carbocycles. The van der Waals surface area contributed by atoms with Crippen LogP contribution in [-0.4, -0.2) is 44.0 Å². The molecule has 1 fully saturated rings. The van der Waals surface area contributed by atoms with Crippen molar-refractivity contribution in [2.75, 3.05) is 16.8 Å². The molecule has 0 bridgehead atoms. The molecule has 0 spiro atoms. The van der Waals surface area contributed by atoms with Gasteiger partial charge in [0.2, 0.25) is 0 Å². The Bertz CT molecular complexity index is 580. The summed E-state index contributed by atoms with van der Waals surface area (Å²) in [6.45, 7) is 0. The van der Waals surface area contributed by atoms with Crippen LogP contribution in [0.3, 0.4) is 0 Å². The van der Waals surface area contributed by atoms with Crippen molar-refractivity contribution >= 4 is 28.5 Å². The zero-order valence-electron chi connectivity index (χ0n) is 11.2. The second-order valence-corrected chi connectivity index (χ2v) is 6.45. The highest BCUT2D eigenvalue weighted by atomic mass is 32.2. The quantitative estimate of drug-likeness (QED) is 0.624. The molecule has 0 aromatic heterocycles. The van der Waals surface area contributed by atoms with E-state index in [1.54, 1.807) is 0 Å². The van der Waals surface area contributed by atoms with Crippen LogP contribution in [0.15, 0.2) is 18.2 Å². The van der Waals surface area contributed by atoms with Crippen LogP contribution in [0, 0.1) is 0 Å². The zero-order valence-corrected chi connectivity index (χ0v) is 12.0. The molecule has 1 aromatic rings. The third-order valence-corrected chi connectivity index (χ3v) is 4.59. The Morgan fingerprint density at radius 1 is 1.24 bits per heavy atom. The molecule has 0 aliphatic carbocycles. The van der Waals surface area contributed by atoms with Crippen LogP contribution < -0.4 is 10.6 Å². The van der Waals surface area contributed by atoms with Crippen molar-refractivity contribution in [2.45, 2.75) is 18.9 Å². The van der Waals surface area contributed by atoms with Crippen molar-refractivity contribution in [3.05, 3.63) is 23.8 Å². The fourth-order valence-electron chi connectivity index (χ4n) is 2.10. The lowest BCUT2D eigenvalue weighted by molar-refractivity contribution is 0.0697. The summed E-state index contributed by atoms with van der Waals surface area (Å²) in [5.74, 6) is -0.308. The summed E-state index contributed by atoms with van der Waals surface area (Å²) < 4.78 is 11.2. The van der Waals surface area contributed by atoms with Crippen LogP contribution in [0.1, 0.15) is 23.2 Å². The van der Waals surface area contributed by atoms with E-state index in [2.05, 4.69) is 10.6 Å². The fraction of sp³-hybridized carbons (Fsp3) is 0.385. The van der Waals surface area contributed by atoms with Crippen LogP contribution in [0.25, 0.3) is 0 Å². The van der Waals surface area contributed by atoms with Crippen LogP contribution in [0.5, 0.6) is 5.75 Å². The highest BCUT2D eigenvalue weighted by molar-refractivity contribution is 7.85. The van der Waals surface area contributed by atoms with Gasteiger partial charge in [-0.15, -0.1) is 0 Å². The standard InChI is InChI=1S/C13H16N2O5S/c16-9-1-2-11(10(7-9)12(17)18)15-13(19)14-8-3-5-21(20)6-4-8/h1-2,7-8,16H,3-6H2,(H,17,18)(H2,14,15,19). The maximum Gasteiger partial charge on any atom is 0.337 e. The smallest absolute Gasteiger partial charge is 0.337 e. The number of benzene rings is 1. The first-order valence-electron chi connectivity index (χ1n) is 6.44. The average molecular weight is 312 g/mol. The summed E-state index contributed by atoms with van der Waals surface area (Å²) in [4.78, 5) is 22.9. The molecule has 114 valence electrons. The Hall–Kier alpha value is -2.09. The number of carboxylic acid groups (broad SMARTS) is 1. The Morgan fingerprint density at radius 2 is 1.90 bits per heavy atom. The lowest BCUT2D eigenvalue weighted by Crippen LogP contribution is -2.41. The molecule has 1 aliphatic rings. The molecule has 1 aromatic carbocycles. The number of aromatic hydroxyl groups is 1. The molecular weight excluding hydrogens is 296 g/mol. The Labute approximate surface area is 123 Å². The largest absolute Gasteiger partial charge is 0.508 e.